The minimum atomic E-state index is -0.212. The number of rotatable bonds is 5. The second-order valence-electron chi connectivity index (χ2n) is 4.06. The van der Waals surface area contributed by atoms with Gasteiger partial charge in [0.15, 0.2) is 0 Å². The normalized spacial score (nSPS) is 10.1. The quantitative estimate of drug-likeness (QED) is 0.734. The van der Waals surface area contributed by atoms with Gasteiger partial charge in [0.25, 0.3) is 0 Å². The lowest BCUT2D eigenvalue weighted by Gasteiger charge is -2.10. The Labute approximate surface area is 96.9 Å². The molecule has 1 nitrogen and oxygen atoms in total. The zero-order valence-corrected chi connectivity index (χ0v) is 10.0. The molecule has 0 saturated carbocycles. The SMILES string of the molecule is CCCCc1c(F)cc(C#N)cc1CCC. The van der Waals surface area contributed by atoms with Crippen LogP contribution in [-0.2, 0) is 12.8 Å². The van der Waals surface area contributed by atoms with Gasteiger partial charge in [-0.15, -0.1) is 0 Å². The van der Waals surface area contributed by atoms with Gasteiger partial charge in [-0.1, -0.05) is 26.7 Å². The third-order valence-corrected chi connectivity index (χ3v) is 2.72. The van der Waals surface area contributed by atoms with E-state index in [0.29, 0.717) is 5.56 Å². The highest BCUT2D eigenvalue weighted by Crippen LogP contribution is 2.20. The molecule has 0 saturated heterocycles. The Balaban J connectivity index is 3.07. The summed E-state index contributed by atoms with van der Waals surface area (Å²) in [5.41, 5.74) is 2.25. The fourth-order valence-electron chi connectivity index (χ4n) is 1.88. The van der Waals surface area contributed by atoms with Crippen LogP contribution in [0.1, 0.15) is 49.8 Å². The van der Waals surface area contributed by atoms with Crippen LogP contribution in [0.5, 0.6) is 0 Å². The number of nitriles is 1. The Morgan fingerprint density at radius 3 is 2.50 bits per heavy atom. The number of hydrogen-bond acceptors (Lipinski definition) is 1. The van der Waals surface area contributed by atoms with E-state index in [4.69, 9.17) is 5.26 Å². The molecular formula is C14H18FN. The minimum absolute atomic E-state index is 0.212. The molecule has 1 aromatic rings. The molecule has 0 aromatic heterocycles. The molecule has 0 aliphatic carbocycles. The smallest absolute Gasteiger partial charge is 0.127 e. The van der Waals surface area contributed by atoms with E-state index < -0.39 is 0 Å². The molecule has 0 radical (unpaired) electrons. The molecule has 0 fully saturated rings. The molecule has 1 rings (SSSR count). The van der Waals surface area contributed by atoms with Gasteiger partial charge in [0, 0.05) is 0 Å². The molecule has 16 heavy (non-hydrogen) atoms. The number of halogens is 1. The predicted molar refractivity (Wildman–Crippen MR) is 63.7 cm³/mol. The molecular weight excluding hydrogens is 201 g/mol. The summed E-state index contributed by atoms with van der Waals surface area (Å²) in [6.07, 6.45) is 4.67. The van der Waals surface area contributed by atoms with Crippen LogP contribution in [0.25, 0.3) is 0 Å². The molecule has 0 N–H and O–H groups in total. The number of aryl methyl sites for hydroxylation is 1. The van der Waals surface area contributed by atoms with Crippen molar-refractivity contribution in [2.75, 3.05) is 0 Å². The van der Waals surface area contributed by atoms with E-state index >= 15 is 0 Å². The highest BCUT2D eigenvalue weighted by atomic mass is 19.1. The fraction of sp³-hybridized carbons (Fsp3) is 0.500. The lowest BCUT2D eigenvalue weighted by molar-refractivity contribution is 0.597. The fourth-order valence-corrected chi connectivity index (χ4v) is 1.88. The molecule has 0 atom stereocenters. The summed E-state index contributed by atoms with van der Waals surface area (Å²) >= 11 is 0. The number of nitrogens with zero attached hydrogens (tertiary/aromatic N) is 1. The largest absolute Gasteiger partial charge is 0.207 e. The second kappa shape index (κ2) is 6.27. The maximum Gasteiger partial charge on any atom is 0.127 e. The Bertz CT molecular complexity index is 390. The molecule has 0 amide bonds. The average molecular weight is 219 g/mol. The van der Waals surface area contributed by atoms with Crippen LogP contribution in [0.3, 0.4) is 0 Å². The molecule has 0 unspecified atom stereocenters. The van der Waals surface area contributed by atoms with Gasteiger partial charge in [0.1, 0.15) is 5.82 Å². The van der Waals surface area contributed by atoms with Crippen molar-refractivity contribution >= 4 is 0 Å². The van der Waals surface area contributed by atoms with E-state index in [9.17, 15) is 4.39 Å². The first-order chi connectivity index (χ1) is 7.72. The Morgan fingerprint density at radius 2 is 1.94 bits per heavy atom. The summed E-state index contributed by atoms with van der Waals surface area (Å²) < 4.78 is 13.8. The van der Waals surface area contributed by atoms with Crippen LogP contribution >= 0.6 is 0 Å². The first-order valence-corrected chi connectivity index (χ1v) is 5.94. The van der Waals surface area contributed by atoms with E-state index in [2.05, 4.69) is 13.8 Å². The summed E-state index contributed by atoms with van der Waals surface area (Å²) in [7, 11) is 0. The first-order valence-electron chi connectivity index (χ1n) is 5.94. The van der Waals surface area contributed by atoms with E-state index in [1.54, 1.807) is 0 Å². The summed E-state index contributed by atoms with van der Waals surface area (Å²) in [4.78, 5) is 0. The van der Waals surface area contributed by atoms with Gasteiger partial charge in [0.05, 0.1) is 11.6 Å². The zero-order chi connectivity index (χ0) is 12.0. The van der Waals surface area contributed by atoms with Crippen molar-refractivity contribution < 1.29 is 4.39 Å². The minimum Gasteiger partial charge on any atom is -0.207 e. The topological polar surface area (TPSA) is 23.8 Å². The maximum atomic E-state index is 13.8. The van der Waals surface area contributed by atoms with Gasteiger partial charge in [-0.25, -0.2) is 4.39 Å². The van der Waals surface area contributed by atoms with Crippen LogP contribution < -0.4 is 0 Å². The third-order valence-electron chi connectivity index (χ3n) is 2.72. The van der Waals surface area contributed by atoms with Crippen LogP contribution in [0, 0.1) is 17.1 Å². The van der Waals surface area contributed by atoms with Crippen LogP contribution in [0.2, 0.25) is 0 Å². The molecule has 2 heteroatoms. The Hall–Kier alpha value is -1.36. The molecule has 0 aliphatic rings. The van der Waals surface area contributed by atoms with Crippen LogP contribution in [0.4, 0.5) is 4.39 Å². The summed E-state index contributed by atoms with van der Waals surface area (Å²) in [5, 5.41) is 8.81. The lowest BCUT2D eigenvalue weighted by atomic mass is 9.96. The molecule has 86 valence electrons. The van der Waals surface area contributed by atoms with Crippen molar-refractivity contribution in [1.82, 2.24) is 0 Å². The average Bonchev–Trinajstić information content (AvgIpc) is 2.28. The van der Waals surface area contributed by atoms with Crippen molar-refractivity contribution in [3.05, 3.63) is 34.6 Å². The predicted octanol–water partition coefficient (Wildman–Crippen LogP) is 3.99. The number of unbranched alkanes of at least 4 members (excludes halogenated alkanes) is 1. The van der Waals surface area contributed by atoms with Crippen molar-refractivity contribution in [3.63, 3.8) is 0 Å². The van der Waals surface area contributed by atoms with Crippen molar-refractivity contribution in [2.45, 2.75) is 46.0 Å². The monoisotopic (exact) mass is 219 g/mol. The second-order valence-corrected chi connectivity index (χ2v) is 4.06. The van der Waals surface area contributed by atoms with Gasteiger partial charge >= 0.3 is 0 Å². The highest BCUT2D eigenvalue weighted by Gasteiger charge is 2.10. The van der Waals surface area contributed by atoms with E-state index in [-0.39, 0.29) is 5.82 Å². The van der Waals surface area contributed by atoms with Gasteiger partial charge in [-0.3, -0.25) is 0 Å². The summed E-state index contributed by atoms with van der Waals surface area (Å²) in [6, 6.07) is 5.19. The van der Waals surface area contributed by atoms with Crippen LogP contribution in [-0.4, -0.2) is 0 Å². The summed E-state index contributed by atoms with van der Waals surface area (Å²) in [6.45, 7) is 4.17. The number of hydrogen-bond donors (Lipinski definition) is 0. The first kappa shape index (κ1) is 12.7. The van der Waals surface area contributed by atoms with E-state index in [1.807, 2.05) is 12.1 Å². The highest BCUT2D eigenvalue weighted by molar-refractivity contribution is 5.39. The lowest BCUT2D eigenvalue weighted by Crippen LogP contribution is -2.00. The molecule has 0 bridgehead atoms. The molecule has 1 aromatic carbocycles. The van der Waals surface area contributed by atoms with E-state index in [1.165, 1.54) is 6.07 Å². The van der Waals surface area contributed by atoms with Crippen LogP contribution in [0.15, 0.2) is 12.1 Å². The van der Waals surface area contributed by atoms with Crippen molar-refractivity contribution in [2.24, 2.45) is 0 Å². The molecule has 0 aliphatic heterocycles. The Morgan fingerprint density at radius 1 is 1.19 bits per heavy atom. The van der Waals surface area contributed by atoms with Gasteiger partial charge in [-0.2, -0.15) is 5.26 Å². The maximum absolute atomic E-state index is 13.8. The third kappa shape index (κ3) is 3.06. The van der Waals surface area contributed by atoms with Gasteiger partial charge in [-0.05, 0) is 42.5 Å². The molecule has 0 spiro atoms. The number of benzene rings is 1. The van der Waals surface area contributed by atoms with Gasteiger partial charge in [0.2, 0.25) is 0 Å². The zero-order valence-electron chi connectivity index (χ0n) is 10.0. The van der Waals surface area contributed by atoms with Gasteiger partial charge < -0.3 is 0 Å². The van der Waals surface area contributed by atoms with E-state index in [0.717, 1.165) is 43.2 Å². The van der Waals surface area contributed by atoms with Crippen molar-refractivity contribution in [3.8, 4) is 6.07 Å². The molecule has 0 heterocycles. The summed E-state index contributed by atoms with van der Waals surface area (Å²) in [5.74, 6) is -0.212. The Kier molecular flexibility index (Phi) is 4.98. The standard InChI is InChI=1S/C14H18FN/c1-3-5-7-13-12(6-4-2)8-11(10-16)9-14(13)15/h8-9H,3-7H2,1-2H3. The van der Waals surface area contributed by atoms with Crippen molar-refractivity contribution in [1.29, 1.82) is 5.26 Å².